The zero-order valence-electron chi connectivity index (χ0n) is 35.9. The maximum atomic E-state index is 13.1. The lowest BCUT2D eigenvalue weighted by Crippen LogP contribution is -2.46. The monoisotopic (exact) mass is 760 g/mol. The Bertz CT molecular complexity index is 900. The smallest absolute Gasteiger partial charge is 0.306 e. The highest BCUT2D eigenvalue weighted by Gasteiger charge is 2.24. The zero-order chi connectivity index (χ0) is 39.6. The van der Waals surface area contributed by atoms with Crippen molar-refractivity contribution in [1.29, 1.82) is 0 Å². The van der Waals surface area contributed by atoms with Crippen LogP contribution in [0, 0.1) is 0 Å². The van der Waals surface area contributed by atoms with Crippen LogP contribution >= 0.6 is 0 Å². The van der Waals surface area contributed by atoms with Gasteiger partial charge in [-0.05, 0) is 70.6 Å². The fourth-order valence-electron chi connectivity index (χ4n) is 6.89. The number of unbranched alkanes of at least 4 members (excludes halogenated alkanes) is 24. The molecule has 0 rings (SSSR count). The van der Waals surface area contributed by atoms with E-state index in [9.17, 15) is 19.8 Å². The fraction of sp³-hybridized carbons (Fsp3) is 0.833. The Morgan fingerprint density at radius 3 is 1.56 bits per heavy atom. The van der Waals surface area contributed by atoms with Crippen molar-refractivity contribution in [2.45, 2.75) is 251 Å². The fourth-order valence-corrected chi connectivity index (χ4v) is 6.89. The van der Waals surface area contributed by atoms with Crippen LogP contribution in [-0.4, -0.2) is 46.9 Å². The second-order valence-electron chi connectivity index (χ2n) is 15.8. The van der Waals surface area contributed by atoms with Gasteiger partial charge in [-0.1, -0.05) is 186 Å². The van der Waals surface area contributed by atoms with Gasteiger partial charge in [-0.2, -0.15) is 0 Å². The van der Waals surface area contributed by atoms with Crippen molar-refractivity contribution < 1.29 is 24.5 Å². The van der Waals surface area contributed by atoms with Gasteiger partial charge in [0.05, 0.1) is 25.2 Å². The molecule has 316 valence electrons. The Morgan fingerprint density at radius 2 is 0.981 bits per heavy atom. The van der Waals surface area contributed by atoms with Crippen LogP contribution in [-0.2, 0) is 14.3 Å². The number of esters is 1. The summed E-state index contributed by atoms with van der Waals surface area (Å²) in [6.07, 6.45) is 47.8. The number of hydrogen-bond acceptors (Lipinski definition) is 5. The summed E-state index contributed by atoms with van der Waals surface area (Å²) in [6, 6.07) is -0.704. The number of allylic oxidation sites excluding steroid dienone is 6. The van der Waals surface area contributed by atoms with Crippen molar-refractivity contribution in [3.63, 3.8) is 0 Å². The minimum absolute atomic E-state index is 0.0626. The van der Waals surface area contributed by atoms with Gasteiger partial charge in [-0.25, -0.2) is 0 Å². The second-order valence-corrected chi connectivity index (χ2v) is 15.8. The summed E-state index contributed by atoms with van der Waals surface area (Å²) in [7, 11) is 0. The predicted molar refractivity (Wildman–Crippen MR) is 232 cm³/mol. The third-order valence-corrected chi connectivity index (χ3v) is 10.5. The van der Waals surface area contributed by atoms with Crippen molar-refractivity contribution in [3.8, 4) is 0 Å². The molecule has 0 saturated carbocycles. The van der Waals surface area contributed by atoms with Crippen LogP contribution < -0.4 is 5.32 Å². The largest absolute Gasteiger partial charge is 0.462 e. The van der Waals surface area contributed by atoms with Gasteiger partial charge in [0.1, 0.15) is 6.10 Å². The van der Waals surface area contributed by atoms with Crippen molar-refractivity contribution >= 4 is 11.9 Å². The summed E-state index contributed by atoms with van der Waals surface area (Å²) in [5.74, 6) is -0.505. The quantitative estimate of drug-likeness (QED) is 0.0250. The molecular weight excluding hydrogens is 671 g/mol. The normalized spacial score (nSPS) is 13.6. The minimum atomic E-state index is -0.789. The van der Waals surface area contributed by atoms with Crippen LogP contribution in [0.1, 0.15) is 233 Å². The summed E-state index contributed by atoms with van der Waals surface area (Å²) in [4.78, 5) is 25.9. The van der Waals surface area contributed by atoms with E-state index in [0.29, 0.717) is 19.3 Å². The molecule has 0 aromatic rings. The topological polar surface area (TPSA) is 95.9 Å². The number of rotatable bonds is 41. The van der Waals surface area contributed by atoms with Crippen molar-refractivity contribution in [1.82, 2.24) is 5.32 Å². The highest BCUT2D eigenvalue weighted by Crippen LogP contribution is 2.17. The predicted octanol–water partition coefficient (Wildman–Crippen LogP) is 13.3. The van der Waals surface area contributed by atoms with Gasteiger partial charge in [-0.3, -0.25) is 9.59 Å². The third kappa shape index (κ3) is 37.0. The van der Waals surface area contributed by atoms with E-state index in [2.05, 4.69) is 62.5 Å². The van der Waals surface area contributed by atoms with Gasteiger partial charge in [0, 0.05) is 6.42 Å². The summed E-state index contributed by atoms with van der Waals surface area (Å²) < 4.78 is 5.87. The maximum Gasteiger partial charge on any atom is 0.306 e. The van der Waals surface area contributed by atoms with E-state index >= 15 is 0 Å². The first kappa shape index (κ1) is 52.1. The summed E-state index contributed by atoms with van der Waals surface area (Å²) in [6.45, 7) is 6.36. The molecule has 0 aliphatic heterocycles. The van der Waals surface area contributed by atoms with E-state index in [1.54, 1.807) is 0 Å². The average Bonchev–Trinajstić information content (AvgIpc) is 3.16. The molecule has 0 aromatic heterocycles. The average molecular weight is 760 g/mol. The Morgan fingerprint density at radius 1 is 0.537 bits per heavy atom. The van der Waals surface area contributed by atoms with Gasteiger partial charge in [-0.15, -0.1) is 0 Å². The van der Waals surface area contributed by atoms with Crippen molar-refractivity contribution in [3.05, 3.63) is 36.5 Å². The summed E-state index contributed by atoms with van der Waals surface area (Å²) in [5, 5.41) is 23.6. The molecule has 0 aliphatic rings. The Hall–Kier alpha value is -1.92. The van der Waals surface area contributed by atoms with Gasteiger partial charge >= 0.3 is 5.97 Å². The van der Waals surface area contributed by atoms with Crippen LogP contribution in [0.5, 0.6) is 0 Å². The molecule has 0 radical (unpaired) electrons. The van der Waals surface area contributed by atoms with Crippen LogP contribution in [0.15, 0.2) is 36.5 Å². The number of carbonyl (C=O) groups excluding carboxylic acids is 2. The van der Waals surface area contributed by atoms with E-state index in [1.807, 2.05) is 0 Å². The molecule has 0 aromatic carbocycles. The number of aliphatic hydroxyl groups excluding tert-OH is 2. The van der Waals surface area contributed by atoms with E-state index in [-0.39, 0.29) is 24.9 Å². The molecule has 6 nitrogen and oxygen atoms in total. The molecule has 3 unspecified atom stereocenters. The van der Waals surface area contributed by atoms with Crippen LogP contribution in [0.2, 0.25) is 0 Å². The first-order valence-electron chi connectivity index (χ1n) is 23.2. The van der Waals surface area contributed by atoms with Crippen LogP contribution in [0.3, 0.4) is 0 Å². The number of amides is 1. The molecular formula is C48H89NO5. The first-order valence-corrected chi connectivity index (χ1v) is 23.2. The van der Waals surface area contributed by atoms with E-state index < -0.39 is 18.2 Å². The van der Waals surface area contributed by atoms with Crippen molar-refractivity contribution in [2.75, 3.05) is 6.61 Å². The highest BCUT2D eigenvalue weighted by atomic mass is 16.5. The minimum Gasteiger partial charge on any atom is -0.462 e. The van der Waals surface area contributed by atoms with E-state index in [1.165, 1.54) is 103 Å². The lowest BCUT2D eigenvalue weighted by Gasteiger charge is -2.24. The SMILES string of the molecule is CCC/C=C\CCCCCC(CC(=O)NC(CO)C(O)CCCCCCCCCCCCCC)OC(=O)CCCCCCCC/C=C/C=C/CCCCC. The molecule has 0 bridgehead atoms. The third-order valence-electron chi connectivity index (χ3n) is 10.5. The molecule has 0 spiro atoms. The molecule has 3 N–H and O–H groups in total. The molecule has 3 atom stereocenters. The standard InChI is InChI=1S/C48H89NO5/c1-4-7-10-13-16-19-21-23-24-25-27-29-32-35-38-41-48(53)54-44(39-36-33-30-18-15-12-9-6-3)42-47(52)49-45(43-50)46(51)40-37-34-31-28-26-22-20-17-14-11-8-5-2/h12,15-16,19,21,23,44-46,50-51H,4-11,13-14,17-18,20,22,24-43H2,1-3H3,(H,49,52)/b15-12-,19-16+,23-21+. The van der Waals surface area contributed by atoms with E-state index in [4.69, 9.17) is 4.74 Å². The second kappa shape index (κ2) is 42.2. The van der Waals surface area contributed by atoms with Crippen LogP contribution in [0.25, 0.3) is 0 Å². The van der Waals surface area contributed by atoms with Gasteiger partial charge in [0.2, 0.25) is 5.91 Å². The first-order chi connectivity index (χ1) is 26.5. The van der Waals surface area contributed by atoms with Gasteiger partial charge < -0.3 is 20.3 Å². The lowest BCUT2D eigenvalue weighted by molar-refractivity contribution is -0.151. The van der Waals surface area contributed by atoms with Crippen LogP contribution in [0.4, 0.5) is 0 Å². The number of aliphatic hydroxyl groups is 2. The molecule has 6 heteroatoms. The molecule has 1 amide bonds. The van der Waals surface area contributed by atoms with Gasteiger partial charge in [0.25, 0.3) is 0 Å². The summed E-state index contributed by atoms with van der Waals surface area (Å²) in [5.41, 5.74) is 0. The Balaban J connectivity index is 4.49. The molecule has 0 heterocycles. The van der Waals surface area contributed by atoms with Crippen molar-refractivity contribution in [2.24, 2.45) is 0 Å². The number of hydrogen-bond donors (Lipinski definition) is 3. The van der Waals surface area contributed by atoms with E-state index in [0.717, 1.165) is 83.5 Å². The summed E-state index contributed by atoms with van der Waals surface area (Å²) >= 11 is 0. The Labute approximate surface area is 334 Å². The molecule has 54 heavy (non-hydrogen) atoms. The number of ether oxygens (including phenoxy) is 1. The Kier molecular flexibility index (Phi) is 40.7. The molecule has 0 fully saturated rings. The number of nitrogens with one attached hydrogen (secondary N) is 1. The molecule has 0 aliphatic carbocycles. The lowest BCUT2D eigenvalue weighted by atomic mass is 10.0. The highest BCUT2D eigenvalue weighted by molar-refractivity contribution is 5.77. The van der Waals surface area contributed by atoms with Gasteiger partial charge in [0.15, 0.2) is 0 Å². The zero-order valence-corrected chi connectivity index (χ0v) is 35.9. The number of carbonyl (C=O) groups is 2. The molecule has 0 saturated heterocycles. The maximum absolute atomic E-state index is 13.1.